The molecular formula is C15H24O3. The second-order valence-corrected chi connectivity index (χ2v) is 7.02. The van der Waals surface area contributed by atoms with E-state index in [2.05, 4.69) is 20.8 Å². The Morgan fingerprint density at radius 2 is 1.94 bits per heavy atom. The number of rotatable bonds is 1. The van der Waals surface area contributed by atoms with Gasteiger partial charge in [-0.05, 0) is 36.7 Å². The first kappa shape index (κ1) is 13.8. The zero-order chi connectivity index (χ0) is 13.7. The van der Waals surface area contributed by atoms with Gasteiger partial charge in [0.1, 0.15) is 0 Å². The van der Waals surface area contributed by atoms with E-state index in [0.717, 1.165) is 5.57 Å². The highest BCUT2D eigenvalue weighted by Crippen LogP contribution is 2.58. The lowest BCUT2D eigenvalue weighted by molar-refractivity contribution is -0.146. The van der Waals surface area contributed by atoms with Gasteiger partial charge in [-0.15, -0.1) is 0 Å². The summed E-state index contributed by atoms with van der Waals surface area (Å²) in [6.07, 6.45) is 2.58. The summed E-state index contributed by atoms with van der Waals surface area (Å²) in [5.74, 6) is 0.0419. The van der Waals surface area contributed by atoms with Crippen LogP contribution in [0.15, 0.2) is 11.6 Å². The summed E-state index contributed by atoms with van der Waals surface area (Å²) in [6.45, 7) is 8.12. The Bertz CT molecular complexity index is 397. The van der Waals surface area contributed by atoms with E-state index in [1.807, 2.05) is 6.92 Å². The third-order valence-electron chi connectivity index (χ3n) is 5.06. The Hall–Kier alpha value is -0.670. The van der Waals surface area contributed by atoms with Gasteiger partial charge in [0.25, 0.3) is 0 Å². The average Bonchev–Trinajstić information content (AvgIpc) is 2.12. The van der Waals surface area contributed by atoms with Gasteiger partial charge in [0.05, 0.1) is 12.7 Å². The molecule has 0 unspecified atom stereocenters. The monoisotopic (exact) mass is 252 g/mol. The minimum atomic E-state index is -0.381. The van der Waals surface area contributed by atoms with E-state index in [-0.39, 0.29) is 41.2 Å². The molecule has 0 saturated heterocycles. The number of carbonyl (C=O) groups excluding carboxylic acids is 1. The second kappa shape index (κ2) is 4.17. The summed E-state index contributed by atoms with van der Waals surface area (Å²) in [7, 11) is 0. The van der Waals surface area contributed by atoms with E-state index in [1.165, 1.54) is 0 Å². The Morgan fingerprint density at radius 1 is 1.33 bits per heavy atom. The highest BCUT2D eigenvalue weighted by atomic mass is 16.3. The summed E-state index contributed by atoms with van der Waals surface area (Å²) in [6, 6.07) is 0. The number of aliphatic hydroxyl groups excluding tert-OH is 2. The number of carbonyl (C=O) groups is 1. The van der Waals surface area contributed by atoms with Gasteiger partial charge < -0.3 is 10.2 Å². The van der Waals surface area contributed by atoms with E-state index in [4.69, 9.17) is 0 Å². The van der Waals surface area contributed by atoms with Crippen molar-refractivity contribution in [3.8, 4) is 0 Å². The van der Waals surface area contributed by atoms with Crippen molar-refractivity contribution in [3.05, 3.63) is 11.6 Å². The van der Waals surface area contributed by atoms with Gasteiger partial charge in [0.2, 0.25) is 0 Å². The lowest BCUT2D eigenvalue weighted by Gasteiger charge is -2.56. The van der Waals surface area contributed by atoms with Crippen LogP contribution in [0.5, 0.6) is 0 Å². The molecule has 0 aromatic rings. The number of hydrogen-bond acceptors (Lipinski definition) is 3. The van der Waals surface area contributed by atoms with Crippen LogP contribution in [-0.4, -0.2) is 28.7 Å². The molecule has 2 N–H and O–H groups in total. The molecule has 2 aliphatic carbocycles. The van der Waals surface area contributed by atoms with Gasteiger partial charge in [-0.2, -0.15) is 0 Å². The minimum Gasteiger partial charge on any atom is -0.396 e. The van der Waals surface area contributed by atoms with Crippen LogP contribution in [0.2, 0.25) is 0 Å². The maximum atomic E-state index is 12.4. The first-order valence-electron chi connectivity index (χ1n) is 6.73. The fourth-order valence-corrected chi connectivity index (χ4v) is 4.65. The van der Waals surface area contributed by atoms with E-state index in [9.17, 15) is 15.0 Å². The van der Waals surface area contributed by atoms with Crippen molar-refractivity contribution < 1.29 is 15.0 Å². The maximum Gasteiger partial charge on any atom is 0.159 e. The Labute approximate surface area is 109 Å². The van der Waals surface area contributed by atoms with E-state index in [1.54, 1.807) is 6.08 Å². The van der Waals surface area contributed by atoms with Crippen LogP contribution in [-0.2, 0) is 4.79 Å². The number of allylic oxidation sites excluding steroid dienone is 1. The first-order valence-corrected chi connectivity index (χ1v) is 6.73. The third-order valence-corrected chi connectivity index (χ3v) is 5.06. The number of fused-ring (bicyclic) bond motifs is 1. The molecule has 0 spiro atoms. The standard InChI is InChI=1S/C15H24O3/c1-9-5-12(18)13-14(2,3)6-10(17)7-15(13,4)11(9)8-16/h5,10-11,13,16-17H,6-8H2,1-4H3/t10-,11-,13+,15-/m0/s1. The van der Waals surface area contributed by atoms with Crippen molar-refractivity contribution in [2.45, 2.75) is 46.6 Å². The fraction of sp³-hybridized carbons (Fsp3) is 0.800. The summed E-state index contributed by atoms with van der Waals surface area (Å²) in [4.78, 5) is 12.4. The molecule has 4 atom stereocenters. The quantitative estimate of drug-likeness (QED) is 0.749. The van der Waals surface area contributed by atoms with Gasteiger partial charge in [-0.3, -0.25) is 4.79 Å². The Morgan fingerprint density at radius 3 is 2.50 bits per heavy atom. The molecule has 102 valence electrons. The van der Waals surface area contributed by atoms with E-state index < -0.39 is 0 Å². The van der Waals surface area contributed by atoms with Gasteiger partial charge in [0, 0.05) is 11.8 Å². The number of ketones is 1. The highest BCUT2D eigenvalue weighted by Gasteiger charge is 2.57. The first-order chi connectivity index (χ1) is 8.22. The van der Waals surface area contributed by atoms with E-state index >= 15 is 0 Å². The predicted octanol–water partition coefficient (Wildman–Crippen LogP) is 1.93. The summed E-state index contributed by atoms with van der Waals surface area (Å²) >= 11 is 0. The molecule has 0 aliphatic heterocycles. The zero-order valence-corrected chi connectivity index (χ0v) is 11.7. The Kier molecular flexibility index (Phi) is 3.19. The van der Waals surface area contributed by atoms with Crippen molar-refractivity contribution in [2.75, 3.05) is 6.61 Å². The largest absolute Gasteiger partial charge is 0.396 e. The smallest absolute Gasteiger partial charge is 0.159 e. The lowest BCUT2D eigenvalue weighted by atomic mass is 9.48. The molecule has 0 amide bonds. The van der Waals surface area contributed by atoms with Crippen LogP contribution in [0.3, 0.4) is 0 Å². The van der Waals surface area contributed by atoms with Crippen molar-refractivity contribution in [1.29, 1.82) is 0 Å². The van der Waals surface area contributed by atoms with Crippen molar-refractivity contribution in [2.24, 2.45) is 22.7 Å². The van der Waals surface area contributed by atoms with Crippen LogP contribution in [0.1, 0.15) is 40.5 Å². The lowest BCUT2D eigenvalue weighted by Crippen LogP contribution is -2.56. The highest BCUT2D eigenvalue weighted by molar-refractivity contribution is 5.95. The summed E-state index contributed by atoms with van der Waals surface area (Å²) in [5.41, 5.74) is 0.408. The maximum absolute atomic E-state index is 12.4. The molecule has 3 nitrogen and oxygen atoms in total. The predicted molar refractivity (Wildman–Crippen MR) is 70.0 cm³/mol. The summed E-state index contributed by atoms with van der Waals surface area (Å²) < 4.78 is 0. The Balaban J connectivity index is 2.54. The van der Waals surface area contributed by atoms with Crippen LogP contribution in [0.4, 0.5) is 0 Å². The van der Waals surface area contributed by atoms with Crippen LogP contribution in [0, 0.1) is 22.7 Å². The van der Waals surface area contributed by atoms with Crippen molar-refractivity contribution in [1.82, 2.24) is 0 Å². The van der Waals surface area contributed by atoms with Gasteiger partial charge in [-0.1, -0.05) is 26.3 Å². The molecule has 18 heavy (non-hydrogen) atoms. The number of aliphatic hydroxyl groups is 2. The van der Waals surface area contributed by atoms with Crippen molar-refractivity contribution >= 4 is 5.78 Å². The topological polar surface area (TPSA) is 57.5 Å². The van der Waals surface area contributed by atoms with Gasteiger partial charge >= 0.3 is 0 Å². The molecule has 1 fully saturated rings. The molecular weight excluding hydrogens is 228 g/mol. The molecule has 0 bridgehead atoms. The van der Waals surface area contributed by atoms with Crippen molar-refractivity contribution in [3.63, 3.8) is 0 Å². The second-order valence-electron chi connectivity index (χ2n) is 7.02. The van der Waals surface area contributed by atoms with Crippen LogP contribution >= 0.6 is 0 Å². The van der Waals surface area contributed by atoms with Gasteiger partial charge in [0.15, 0.2) is 5.78 Å². The molecule has 0 radical (unpaired) electrons. The average molecular weight is 252 g/mol. The molecule has 2 rings (SSSR count). The number of hydrogen-bond donors (Lipinski definition) is 2. The SMILES string of the molecule is CC1=CC(=O)[C@@H]2C(C)(C)C[C@H](O)C[C@@]2(C)[C@H]1CO. The molecule has 0 aromatic heterocycles. The van der Waals surface area contributed by atoms with E-state index in [0.29, 0.717) is 12.8 Å². The van der Waals surface area contributed by atoms with Crippen LogP contribution in [0.25, 0.3) is 0 Å². The zero-order valence-electron chi connectivity index (χ0n) is 11.7. The van der Waals surface area contributed by atoms with Gasteiger partial charge in [-0.25, -0.2) is 0 Å². The summed E-state index contributed by atoms with van der Waals surface area (Å²) in [5, 5.41) is 19.8. The molecule has 3 heteroatoms. The molecule has 1 saturated carbocycles. The fourth-order valence-electron chi connectivity index (χ4n) is 4.65. The molecule has 0 aromatic carbocycles. The minimum absolute atomic E-state index is 0.0191. The van der Waals surface area contributed by atoms with Crippen LogP contribution < -0.4 is 0 Å². The third kappa shape index (κ3) is 1.84. The molecule has 0 heterocycles. The normalized spacial score (nSPS) is 43.3. The molecule has 2 aliphatic rings.